The van der Waals surface area contributed by atoms with Gasteiger partial charge in [0.25, 0.3) is 0 Å². The Morgan fingerprint density at radius 3 is 3.06 bits per heavy atom. The molecule has 1 aliphatic rings. The van der Waals surface area contributed by atoms with Crippen molar-refractivity contribution in [2.24, 2.45) is 7.05 Å². The number of rotatable bonds is 3. The van der Waals surface area contributed by atoms with Crippen molar-refractivity contribution in [1.29, 1.82) is 0 Å². The average Bonchev–Trinajstić information content (AvgIpc) is 2.70. The summed E-state index contributed by atoms with van der Waals surface area (Å²) < 4.78 is 1.87. The maximum absolute atomic E-state index is 11.8. The van der Waals surface area contributed by atoms with E-state index >= 15 is 0 Å². The topological polar surface area (TPSA) is 62.2 Å². The summed E-state index contributed by atoms with van der Waals surface area (Å²) >= 11 is 0. The van der Waals surface area contributed by atoms with Crippen molar-refractivity contribution in [3.8, 4) is 0 Å². The van der Waals surface area contributed by atoms with Gasteiger partial charge in [0, 0.05) is 51.5 Å². The first-order valence-electron chi connectivity index (χ1n) is 6.27. The molecule has 0 aromatic carbocycles. The number of likely N-dealkylation sites (N-methyl/N-ethyl adjacent to an activating group) is 1. The SMILES string of the molecule is CNC(=O)C1CNCCN1Cc1cnn(C)c1C. The molecule has 2 heterocycles. The number of carbonyl (C=O) groups excluding carboxylic acids is 1. The summed E-state index contributed by atoms with van der Waals surface area (Å²) in [5, 5.41) is 10.2. The highest BCUT2D eigenvalue weighted by molar-refractivity contribution is 5.81. The maximum atomic E-state index is 11.8. The quantitative estimate of drug-likeness (QED) is 0.742. The maximum Gasteiger partial charge on any atom is 0.238 e. The molecule has 0 saturated carbocycles. The first-order valence-corrected chi connectivity index (χ1v) is 6.27. The molecule has 0 bridgehead atoms. The van der Waals surface area contributed by atoms with E-state index in [1.807, 2.05) is 17.9 Å². The number of carbonyl (C=O) groups is 1. The van der Waals surface area contributed by atoms with Crippen molar-refractivity contribution in [3.63, 3.8) is 0 Å². The van der Waals surface area contributed by atoms with Crippen LogP contribution in [0.25, 0.3) is 0 Å². The standard InChI is InChI=1S/C12H21N5O/c1-9-10(6-15-16(9)3)8-17-5-4-14-7-11(17)12(18)13-2/h6,11,14H,4-5,7-8H2,1-3H3,(H,13,18). The van der Waals surface area contributed by atoms with Crippen LogP contribution in [0.2, 0.25) is 0 Å². The number of aromatic nitrogens is 2. The summed E-state index contributed by atoms with van der Waals surface area (Å²) in [6.45, 7) is 5.34. The molecule has 100 valence electrons. The highest BCUT2D eigenvalue weighted by atomic mass is 16.2. The fourth-order valence-electron chi connectivity index (χ4n) is 2.28. The molecule has 1 aliphatic heterocycles. The average molecular weight is 251 g/mol. The van der Waals surface area contributed by atoms with Crippen LogP contribution in [0.3, 0.4) is 0 Å². The first kappa shape index (κ1) is 13.0. The smallest absolute Gasteiger partial charge is 0.238 e. The van der Waals surface area contributed by atoms with Crippen LogP contribution in [0, 0.1) is 6.92 Å². The molecule has 2 N–H and O–H groups in total. The van der Waals surface area contributed by atoms with Crippen molar-refractivity contribution in [2.45, 2.75) is 19.5 Å². The molecule has 1 atom stereocenters. The van der Waals surface area contributed by atoms with Gasteiger partial charge in [0.1, 0.15) is 6.04 Å². The van der Waals surface area contributed by atoms with Crippen molar-refractivity contribution >= 4 is 5.91 Å². The van der Waals surface area contributed by atoms with Gasteiger partial charge in [-0.1, -0.05) is 0 Å². The molecule has 1 fully saturated rings. The summed E-state index contributed by atoms with van der Waals surface area (Å²) in [6, 6.07) is -0.0941. The van der Waals surface area contributed by atoms with Crippen LogP contribution in [0.15, 0.2) is 6.20 Å². The van der Waals surface area contributed by atoms with Crippen LogP contribution in [0.4, 0.5) is 0 Å². The van der Waals surface area contributed by atoms with Gasteiger partial charge in [-0.2, -0.15) is 5.10 Å². The normalized spacial score (nSPS) is 20.9. The number of nitrogens with one attached hydrogen (secondary N) is 2. The lowest BCUT2D eigenvalue weighted by Crippen LogP contribution is -2.56. The van der Waals surface area contributed by atoms with Gasteiger partial charge in [0.05, 0.1) is 6.20 Å². The van der Waals surface area contributed by atoms with Gasteiger partial charge < -0.3 is 10.6 Å². The summed E-state index contributed by atoms with van der Waals surface area (Å²) in [6.07, 6.45) is 1.89. The Hall–Kier alpha value is -1.40. The van der Waals surface area contributed by atoms with E-state index in [0.717, 1.165) is 25.3 Å². The predicted octanol–water partition coefficient (Wildman–Crippen LogP) is -0.752. The van der Waals surface area contributed by atoms with E-state index in [-0.39, 0.29) is 11.9 Å². The highest BCUT2D eigenvalue weighted by Crippen LogP contribution is 2.13. The molecule has 1 amide bonds. The Balaban J connectivity index is 2.10. The summed E-state index contributed by atoms with van der Waals surface area (Å²) in [4.78, 5) is 14.1. The fraction of sp³-hybridized carbons (Fsp3) is 0.667. The molecular weight excluding hydrogens is 230 g/mol. The van der Waals surface area contributed by atoms with Crippen LogP contribution < -0.4 is 10.6 Å². The van der Waals surface area contributed by atoms with Crippen LogP contribution in [-0.2, 0) is 18.4 Å². The molecule has 6 nitrogen and oxygen atoms in total. The third-order valence-corrected chi connectivity index (χ3v) is 3.61. The third kappa shape index (κ3) is 2.54. The number of hydrogen-bond donors (Lipinski definition) is 2. The molecule has 1 aromatic rings. The molecule has 18 heavy (non-hydrogen) atoms. The summed E-state index contributed by atoms with van der Waals surface area (Å²) in [5.74, 6) is 0.0729. The van der Waals surface area contributed by atoms with Gasteiger partial charge >= 0.3 is 0 Å². The van der Waals surface area contributed by atoms with E-state index in [4.69, 9.17) is 0 Å². The molecule has 0 radical (unpaired) electrons. The second kappa shape index (κ2) is 5.49. The molecular formula is C12H21N5O. The van der Waals surface area contributed by atoms with E-state index in [9.17, 15) is 4.79 Å². The lowest BCUT2D eigenvalue weighted by atomic mass is 10.1. The number of aryl methyl sites for hydroxylation is 1. The van der Waals surface area contributed by atoms with Gasteiger partial charge in [-0.05, 0) is 6.92 Å². The van der Waals surface area contributed by atoms with E-state index < -0.39 is 0 Å². The van der Waals surface area contributed by atoms with E-state index in [1.54, 1.807) is 7.05 Å². The van der Waals surface area contributed by atoms with Crippen molar-refractivity contribution in [2.75, 3.05) is 26.7 Å². The van der Waals surface area contributed by atoms with Gasteiger partial charge in [0.2, 0.25) is 5.91 Å². The van der Waals surface area contributed by atoms with Gasteiger partial charge in [-0.25, -0.2) is 0 Å². The molecule has 6 heteroatoms. The largest absolute Gasteiger partial charge is 0.358 e. The molecule has 2 rings (SSSR count). The van der Waals surface area contributed by atoms with E-state index in [1.165, 1.54) is 5.56 Å². The second-order valence-electron chi connectivity index (χ2n) is 4.68. The summed E-state index contributed by atoms with van der Waals surface area (Å²) in [5.41, 5.74) is 2.34. The van der Waals surface area contributed by atoms with Crippen molar-refractivity contribution in [1.82, 2.24) is 25.3 Å². The Bertz CT molecular complexity index is 428. The monoisotopic (exact) mass is 251 g/mol. The lowest BCUT2D eigenvalue weighted by Gasteiger charge is -2.34. The molecule has 1 aromatic heterocycles. The number of hydrogen-bond acceptors (Lipinski definition) is 4. The molecule has 1 saturated heterocycles. The van der Waals surface area contributed by atoms with Crippen molar-refractivity contribution < 1.29 is 4.79 Å². The number of amides is 1. The van der Waals surface area contributed by atoms with Crippen molar-refractivity contribution in [3.05, 3.63) is 17.5 Å². The highest BCUT2D eigenvalue weighted by Gasteiger charge is 2.28. The zero-order valence-electron chi connectivity index (χ0n) is 11.2. The van der Waals surface area contributed by atoms with Crippen LogP contribution in [-0.4, -0.2) is 53.3 Å². The molecule has 0 aliphatic carbocycles. The fourth-order valence-corrected chi connectivity index (χ4v) is 2.28. The second-order valence-corrected chi connectivity index (χ2v) is 4.68. The first-order chi connectivity index (χ1) is 8.63. The Kier molecular flexibility index (Phi) is 3.98. The Labute approximate surface area is 107 Å². The van der Waals surface area contributed by atoms with E-state index in [2.05, 4.69) is 27.6 Å². The van der Waals surface area contributed by atoms with Crippen LogP contribution in [0.5, 0.6) is 0 Å². The predicted molar refractivity (Wildman–Crippen MR) is 69.1 cm³/mol. The minimum absolute atomic E-state index is 0.0729. The third-order valence-electron chi connectivity index (χ3n) is 3.61. The summed E-state index contributed by atoms with van der Waals surface area (Å²) in [7, 11) is 3.62. The minimum atomic E-state index is -0.0941. The Morgan fingerprint density at radius 1 is 1.67 bits per heavy atom. The number of nitrogens with zero attached hydrogens (tertiary/aromatic N) is 3. The van der Waals surface area contributed by atoms with E-state index in [0.29, 0.717) is 6.54 Å². The van der Waals surface area contributed by atoms with Gasteiger partial charge in [-0.3, -0.25) is 14.4 Å². The van der Waals surface area contributed by atoms with Crippen LogP contribution >= 0.6 is 0 Å². The zero-order chi connectivity index (χ0) is 13.1. The van der Waals surface area contributed by atoms with Gasteiger partial charge in [0.15, 0.2) is 0 Å². The van der Waals surface area contributed by atoms with Gasteiger partial charge in [-0.15, -0.1) is 0 Å². The zero-order valence-corrected chi connectivity index (χ0v) is 11.2. The number of piperazine rings is 1. The lowest BCUT2D eigenvalue weighted by molar-refractivity contribution is -0.126. The molecule has 1 unspecified atom stereocenters. The Morgan fingerprint density at radius 2 is 2.44 bits per heavy atom. The van der Waals surface area contributed by atoms with Crippen LogP contribution in [0.1, 0.15) is 11.3 Å². The molecule has 0 spiro atoms. The minimum Gasteiger partial charge on any atom is -0.358 e.